The van der Waals surface area contributed by atoms with Crippen molar-refractivity contribution in [1.29, 1.82) is 0 Å². The number of aliphatic hydroxyl groups excluding tert-OH is 19. The average molecular weight is 1600 g/mol. The maximum atomic E-state index is 13.9. The Hall–Kier alpha value is -2.75. The number of hydrogen-bond donors (Lipinski definition) is 22. The maximum Gasteiger partial charge on any atom is 0.364 e. The van der Waals surface area contributed by atoms with Gasteiger partial charge in [-0.25, -0.2) is 4.79 Å². The van der Waals surface area contributed by atoms with Gasteiger partial charge < -0.3 is 160 Å². The summed E-state index contributed by atoms with van der Waals surface area (Å²) in [4.78, 5) is 40.5. The Morgan fingerprint density at radius 1 is 0.455 bits per heavy atom. The smallest absolute Gasteiger partial charge is 0.364 e. The van der Waals surface area contributed by atoms with Gasteiger partial charge in [0.25, 0.3) is 5.79 Å². The van der Waals surface area contributed by atoms with Crippen LogP contribution in [0.4, 0.5) is 0 Å². The highest BCUT2D eigenvalue weighted by Crippen LogP contribution is 2.42. The van der Waals surface area contributed by atoms with E-state index in [-0.39, 0.29) is 12.8 Å². The molecule has 35 heteroatoms. The minimum Gasteiger partial charge on any atom is -0.477 e. The number of nitrogens with one attached hydrogen (secondary N) is 2. The normalized spacial score (nSPS) is 34.1. The van der Waals surface area contributed by atoms with Gasteiger partial charge in [0.2, 0.25) is 11.8 Å². The number of unbranched alkanes of at least 4 members (excludes halogenated alkanes) is 28. The largest absolute Gasteiger partial charge is 0.477 e. The van der Waals surface area contributed by atoms with Crippen molar-refractivity contribution in [2.24, 2.45) is 0 Å². The van der Waals surface area contributed by atoms with Crippen LogP contribution in [0.1, 0.15) is 233 Å². The van der Waals surface area contributed by atoms with Crippen molar-refractivity contribution in [2.45, 2.75) is 416 Å². The van der Waals surface area contributed by atoms with Crippen molar-refractivity contribution in [3.63, 3.8) is 0 Å². The van der Waals surface area contributed by atoms with Crippen LogP contribution in [0.5, 0.6) is 0 Å². The predicted octanol–water partition coefficient (Wildman–Crippen LogP) is -1.46. The molecule has 5 aliphatic heterocycles. The van der Waals surface area contributed by atoms with Crippen LogP contribution >= 0.6 is 0 Å². The van der Waals surface area contributed by atoms with Gasteiger partial charge in [0.1, 0.15) is 128 Å². The third-order valence-electron chi connectivity index (χ3n) is 21.7. The number of aliphatic hydroxyl groups is 19. The molecular formula is C75H138N2O33. The first-order valence-electron chi connectivity index (χ1n) is 40.6. The lowest BCUT2D eigenvalue weighted by Crippen LogP contribution is -2.72. The number of ether oxygens (including phenoxy) is 10. The molecule has 0 radical (unpaired) electrons. The highest BCUT2D eigenvalue weighted by Gasteiger charge is 2.62. The van der Waals surface area contributed by atoms with Crippen LogP contribution < -0.4 is 10.6 Å². The number of carboxylic acids is 1. The molecule has 5 saturated heterocycles. The van der Waals surface area contributed by atoms with Crippen LogP contribution in [0.25, 0.3) is 0 Å². The predicted molar refractivity (Wildman–Crippen MR) is 388 cm³/mol. The standard InChI is InChI=1S/C75H138N2O33/c1-4-6-8-10-12-14-16-17-18-19-20-21-22-23-24-25-27-29-31-33-35-46(85)69(98)77-44(54(88)45(84)34-32-30-28-26-15-13-11-9-7-5-2)42-101-70-60(94)59(93)65(52(41-82)105-70)107-73-63(97)68(57(91)51(40-81)104-73)110-75(74(99)100)36-49(53(76-43(3)83)66(109-75)55(89)47(86)37-78)102-72-62(96)67(56(90)50(39-80)103-72)108-71-61(95)58(92)64(106-71)48(87)38-79/h44-68,70-73,78-82,84-97H,4-42H2,1-3H3,(H,76,83)(H,77,98)(H,99,100)/t44-,45+,46?,47?,48?,49?,50?,51?,52?,53+,54-,55?,56-,57-,58?,59?,60?,61?,62?,63?,64-,65+,66?,67?,68?,70+,71-,72+,73-,75-/m0/s1. The lowest BCUT2D eigenvalue weighted by atomic mass is 9.87. The third-order valence-corrected chi connectivity index (χ3v) is 21.7. The van der Waals surface area contributed by atoms with E-state index in [1.165, 1.54) is 103 Å². The molecule has 22 N–H and O–H groups in total. The van der Waals surface area contributed by atoms with Gasteiger partial charge in [-0.2, -0.15) is 0 Å². The first-order valence-corrected chi connectivity index (χ1v) is 40.6. The summed E-state index contributed by atoms with van der Waals surface area (Å²) in [5.41, 5.74) is 0. The summed E-state index contributed by atoms with van der Waals surface area (Å²) in [5, 5.41) is 226. The lowest BCUT2D eigenvalue weighted by molar-refractivity contribution is -0.393. The van der Waals surface area contributed by atoms with E-state index >= 15 is 0 Å². The molecule has 646 valence electrons. The molecule has 5 aliphatic rings. The fraction of sp³-hybridized carbons (Fsp3) is 0.960. The van der Waals surface area contributed by atoms with E-state index < -0.39 is 247 Å². The van der Waals surface area contributed by atoms with Crippen LogP contribution in [-0.4, -0.2) is 343 Å². The average Bonchev–Trinajstić information content (AvgIpc) is 0.871. The molecule has 0 aliphatic carbocycles. The number of rotatable bonds is 57. The SMILES string of the molecule is CCCCCCCCCCCCCCCCCCCCCCC(O)C(=O)N[C@@H](CO[C@@H]1OC(CO)[C@@H](O[C@@H]2OC(CO)[C@H](O)C(O[C@]3(C(=O)O)CC(O[C@@H]4OC(CO)[C@H](O)C(O[C@@H]5O[C@@H](C(O)CO)C(O)C5O)C4O)[C@@H](NC(C)=O)C(C(O)C(O)CO)O3)C2O)C(O)C1O)[C@H](O)[C@H](O)CCCCCCCCCCCC. The lowest BCUT2D eigenvalue weighted by Gasteiger charge is -2.52. The second-order valence-electron chi connectivity index (χ2n) is 30.6. The molecule has 2 amide bonds. The van der Waals surface area contributed by atoms with Crippen LogP contribution in [-0.2, 0) is 61.8 Å². The quantitative estimate of drug-likeness (QED) is 0.0309. The van der Waals surface area contributed by atoms with Gasteiger partial charge in [-0.3, -0.25) is 9.59 Å². The fourth-order valence-electron chi connectivity index (χ4n) is 15.0. The Balaban J connectivity index is 1.27. The van der Waals surface area contributed by atoms with Crippen molar-refractivity contribution < 1.29 is 164 Å². The topological polar surface area (TPSA) is 572 Å². The summed E-state index contributed by atoms with van der Waals surface area (Å²) < 4.78 is 58.2. The Bertz CT molecular complexity index is 2470. The zero-order valence-electron chi connectivity index (χ0n) is 64.6. The highest BCUT2D eigenvalue weighted by atomic mass is 16.8. The Morgan fingerprint density at radius 2 is 0.882 bits per heavy atom. The van der Waals surface area contributed by atoms with E-state index in [2.05, 4.69) is 24.5 Å². The van der Waals surface area contributed by atoms with Crippen molar-refractivity contribution in [3.05, 3.63) is 0 Å². The van der Waals surface area contributed by atoms with Crippen molar-refractivity contribution in [3.8, 4) is 0 Å². The van der Waals surface area contributed by atoms with Crippen LogP contribution in [0.15, 0.2) is 0 Å². The molecule has 5 fully saturated rings. The zero-order chi connectivity index (χ0) is 81.0. The van der Waals surface area contributed by atoms with E-state index in [1.54, 1.807) is 0 Å². The van der Waals surface area contributed by atoms with Crippen molar-refractivity contribution in [2.75, 3.05) is 39.6 Å². The molecule has 0 aromatic carbocycles. The minimum atomic E-state index is -3.43. The summed E-state index contributed by atoms with van der Waals surface area (Å²) in [6.45, 7) is -0.923. The van der Waals surface area contributed by atoms with Gasteiger partial charge in [-0.15, -0.1) is 0 Å². The summed E-state index contributed by atoms with van der Waals surface area (Å²) in [6, 6.07) is -3.37. The van der Waals surface area contributed by atoms with E-state index in [0.29, 0.717) is 12.8 Å². The van der Waals surface area contributed by atoms with Crippen molar-refractivity contribution in [1.82, 2.24) is 10.6 Å². The van der Waals surface area contributed by atoms with Gasteiger partial charge in [0, 0.05) is 13.3 Å². The summed E-state index contributed by atoms with van der Waals surface area (Å²) in [5.74, 6) is -7.46. The molecular weight excluding hydrogens is 1460 g/mol. The van der Waals surface area contributed by atoms with E-state index in [4.69, 9.17) is 47.4 Å². The second-order valence-corrected chi connectivity index (χ2v) is 30.6. The number of hydrogen-bond acceptors (Lipinski definition) is 32. The number of aliphatic carboxylic acids is 1. The first kappa shape index (κ1) is 97.8. The van der Waals surface area contributed by atoms with E-state index in [9.17, 15) is 117 Å². The Morgan fingerprint density at radius 3 is 1.35 bits per heavy atom. The molecule has 5 heterocycles. The molecule has 0 saturated carbocycles. The Labute approximate surface area is 645 Å². The maximum absolute atomic E-state index is 13.9. The van der Waals surface area contributed by atoms with E-state index in [1.807, 2.05) is 0 Å². The van der Waals surface area contributed by atoms with Crippen LogP contribution in [0.3, 0.4) is 0 Å². The van der Waals surface area contributed by atoms with Gasteiger partial charge in [-0.05, 0) is 12.8 Å². The monoisotopic (exact) mass is 1590 g/mol. The number of carboxylic acid groups (broad SMARTS) is 1. The molecule has 0 aromatic heterocycles. The molecule has 17 unspecified atom stereocenters. The summed E-state index contributed by atoms with van der Waals surface area (Å²) in [6.07, 6.45) is -22.4. The summed E-state index contributed by atoms with van der Waals surface area (Å²) in [7, 11) is 0. The number of amides is 2. The van der Waals surface area contributed by atoms with Crippen molar-refractivity contribution >= 4 is 17.8 Å². The highest BCUT2D eigenvalue weighted by molar-refractivity contribution is 5.80. The van der Waals surface area contributed by atoms with Gasteiger partial charge >= 0.3 is 5.97 Å². The second kappa shape index (κ2) is 52.1. The minimum absolute atomic E-state index is 0.0871. The van der Waals surface area contributed by atoms with Gasteiger partial charge in [-0.1, -0.05) is 206 Å². The van der Waals surface area contributed by atoms with Crippen LogP contribution in [0, 0.1) is 0 Å². The molecule has 0 bridgehead atoms. The van der Waals surface area contributed by atoms with Gasteiger partial charge in [0.15, 0.2) is 25.2 Å². The van der Waals surface area contributed by atoms with E-state index in [0.717, 1.165) is 84.0 Å². The number of carbonyl (C=O) groups is 3. The van der Waals surface area contributed by atoms with Gasteiger partial charge in [0.05, 0.1) is 63.9 Å². The summed E-state index contributed by atoms with van der Waals surface area (Å²) >= 11 is 0. The zero-order valence-corrected chi connectivity index (χ0v) is 64.6. The molecule has 35 nitrogen and oxygen atoms in total. The molecule has 5 rings (SSSR count). The van der Waals surface area contributed by atoms with Crippen LogP contribution in [0.2, 0.25) is 0 Å². The fourth-order valence-corrected chi connectivity index (χ4v) is 15.0. The molecule has 0 aromatic rings. The molecule has 30 atom stereocenters. The molecule has 0 spiro atoms. The number of carbonyl (C=O) groups excluding carboxylic acids is 2. The molecule has 110 heavy (non-hydrogen) atoms. The third kappa shape index (κ3) is 30.0. The first-order chi connectivity index (χ1) is 52.7. The Kier molecular flexibility index (Phi) is 46.4.